The van der Waals surface area contributed by atoms with Gasteiger partial charge in [0.2, 0.25) is 11.1 Å². The number of amides is 1. The van der Waals surface area contributed by atoms with Gasteiger partial charge in [-0.05, 0) is 66.7 Å². The molecule has 0 saturated heterocycles. The van der Waals surface area contributed by atoms with Crippen LogP contribution in [0.3, 0.4) is 0 Å². The fourth-order valence-corrected chi connectivity index (χ4v) is 4.14. The number of aromatic amines is 1. The van der Waals surface area contributed by atoms with Crippen LogP contribution >= 0.6 is 11.8 Å². The van der Waals surface area contributed by atoms with Crippen LogP contribution < -0.4 is 16.0 Å². The van der Waals surface area contributed by atoms with Crippen molar-refractivity contribution < 1.29 is 4.79 Å². The van der Waals surface area contributed by atoms with Crippen LogP contribution in [0.1, 0.15) is 11.3 Å². The van der Waals surface area contributed by atoms with Gasteiger partial charge in [0.25, 0.3) is 0 Å². The zero-order chi connectivity index (χ0) is 24.0. The Morgan fingerprint density at radius 3 is 2.80 bits per heavy atom. The Hall–Kier alpha value is -4.22. The number of carbonyl (C=O) groups is 1. The highest BCUT2D eigenvalue weighted by Gasteiger charge is 2.11. The normalized spacial score (nSPS) is 11.0. The lowest BCUT2D eigenvalue weighted by Gasteiger charge is -2.09. The highest BCUT2D eigenvalue weighted by atomic mass is 32.2. The summed E-state index contributed by atoms with van der Waals surface area (Å²) in [5, 5.41) is 21.6. The molecule has 5 rings (SSSR count). The molecule has 0 fully saturated rings. The van der Waals surface area contributed by atoms with E-state index in [1.54, 1.807) is 16.9 Å². The van der Waals surface area contributed by atoms with Crippen LogP contribution in [0.2, 0.25) is 0 Å². The first-order chi connectivity index (χ1) is 17.1. The third-order valence-corrected chi connectivity index (χ3v) is 5.87. The van der Waals surface area contributed by atoms with Gasteiger partial charge in [-0.15, -0.1) is 5.10 Å². The summed E-state index contributed by atoms with van der Waals surface area (Å²) in [4.78, 5) is 21.9. The Balaban J connectivity index is 1.20. The van der Waals surface area contributed by atoms with E-state index in [4.69, 9.17) is 0 Å². The molecular weight excluding hydrogens is 462 g/mol. The van der Waals surface area contributed by atoms with Crippen molar-refractivity contribution in [2.45, 2.75) is 23.5 Å². The summed E-state index contributed by atoms with van der Waals surface area (Å²) in [7, 11) is 0. The average Bonchev–Trinajstić information content (AvgIpc) is 3.50. The zero-order valence-electron chi connectivity index (χ0n) is 18.9. The number of nitrogens with one attached hydrogen (secondary N) is 4. The highest BCUT2D eigenvalue weighted by molar-refractivity contribution is 7.99. The molecule has 0 saturated carbocycles. The fraction of sp³-hybridized carbons (Fsp3) is 0.125. The maximum Gasteiger partial charge on any atom is 0.238 e. The molecule has 11 heteroatoms. The monoisotopic (exact) mass is 485 g/mol. The number of aromatic nitrogens is 6. The minimum atomic E-state index is -0.111. The van der Waals surface area contributed by atoms with Crippen molar-refractivity contribution in [1.29, 1.82) is 0 Å². The van der Waals surface area contributed by atoms with E-state index in [9.17, 15) is 4.79 Å². The van der Waals surface area contributed by atoms with Crippen molar-refractivity contribution in [2.75, 3.05) is 17.2 Å². The molecule has 0 radical (unpaired) electrons. The fourth-order valence-electron chi connectivity index (χ4n) is 3.39. The Labute approximate surface area is 205 Å². The smallest absolute Gasteiger partial charge is 0.238 e. The number of pyridine rings is 1. The topological polar surface area (TPSA) is 125 Å². The molecule has 0 aliphatic carbocycles. The molecular formula is C24H23N9OS. The van der Waals surface area contributed by atoms with Crippen molar-refractivity contribution in [2.24, 2.45) is 0 Å². The number of H-pyrrole nitrogens is 1. The van der Waals surface area contributed by atoms with E-state index in [2.05, 4.69) is 41.2 Å². The molecule has 0 bridgehead atoms. The van der Waals surface area contributed by atoms with Crippen molar-refractivity contribution in [3.05, 3.63) is 84.4 Å². The number of hydrogen-bond donors (Lipinski definition) is 4. The first kappa shape index (κ1) is 22.6. The van der Waals surface area contributed by atoms with Crippen molar-refractivity contribution in [3.8, 4) is 0 Å². The summed E-state index contributed by atoms with van der Waals surface area (Å²) in [6.07, 6.45) is 5.37. The number of fused-ring (bicyclic) bond motifs is 1. The van der Waals surface area contributed by atoms with Gasteiger partial charge in [-0.3, -0.25) is 14.9 Å². The molecule has 0 aliphatic rings. The van der Waals surface area contributed by atoms with E-state index >= 15 is 0 Å². The molecule has 0 atom stereocenters. The molecule has 0 aliphatic heterocycles. The van der Waals surface area contributed by atoms with E-state index in [1.807, 2.05) is 67.7 Å². The Kier molecular flexibility index (Phi) is 6.68. The quantitative estimate of drug-likeness (QED) is 0.249. The van der Waals surface area contributed by atoms with Crippen molar-refractivity contribution in [1.82, 2.24) is 35.1 Å². The number of carbonyl (C=O) groups excluding carboxylic acids is 1. The summed E-state index contributed by atoms with van der Waals surface area (Å²) in [5.41, 5.74) is 3.56. The van der Waals surface area contributed by atoms with Crippen LogP contribution in [0.25, 0.3) is 5.52 Å². The first-order valence-corrected chi connectivity index (χ1v) is 11.8. The molecule has 0 unspecified atom stereocenters. The number of benzene rings is 1. The second-order valence-corrected chi connectivity index (χ2v) is 8.82. The molecule has 1 aromatic carbocycles. The Bertz CT molecular complexity index is 1430. The van der Waals surface area contributed by atoms with Crippen LogP contribution in [0.15, 0.2) is 83.2 Å². The summed E-state index contributed by atoms with van der Waals surface area (Å²) in [6.45, 7) is 2.73. The van der Waals surface area contributed by atoms with E-state index < -0.39 is 0 Å². The summed E-state index contributed by atoms with van der Waals surface area (Å²) >= 11 is 1.43. The maximum absolute atomic E-state index is 12.2. The average molecular weight is 486 g/mol. The van der Waals surface area contributed by atoms with E-state index in [1.165, 1.54) is 11.8 Å². The highest BCUT2D eigenvalue weighted by Crippen LogP contribution is 2.28. The van der Waals surface area contributed by atoms with Crippen LogP contribution in [0, 0.1) is 6.92 Å². The van der Waals surface area contributed by atoms with Crippen LogP contribution in [-0.4, -0.2) is 42.2 Å². The van der Waals surface area contributed by atoms with Gasteiger partial charge in [-0.1, -0.05) is 6.07 Å². The number of anilines is 3. The van der Waals surface area contributed by atoms with Gasteiger partial charge in [0.1, 0.15) is 5.52 Å². The van der Waals surface area contributed by atoms with Gasteiger partial charge < -0.3 is 16.0 Å². The molecule has 10 nitrogen and oxygen atoms in total. The SMILES string of the molecule is Cc1cc(Nc2nc(Sc3ccc(NC(=O)CNCc4cccnc4)cc3)nn3cccc23)n[nH]1. The lowest BCUT2D eigenvalue weighted by molar-refractivity contribution is -0.115. The zero-order valence-corrected chi connectivity index (χ0v) is 19.7. The molecule has 4 N–H and O–H groups in total. The number of aryl methyl sites for hydroxylation is 1. The number of rotatable bonds is 9. The largest absolute Gasteiger partial charge is 0.325 e. The van der Waals surface area contributed by atoms with Crippen molar-refractivity contribution >= 4 is 40.5 Å². The molecule has 176 valence electrons. The number of hydrogen-bond acceptors (Lipinski definition) is 8. The van der Waals surface area contributed by atoms with Gasteiger partial charge in [0.05, 0.1) is 6.54 Å². The van der Waals surface area contributed by atoms with Gasteiger partial charge in [0, 0.05) is 47.5 Å². The van der Waals surface area contributed by atoms with E-state index in [0.717, 1.165) is 27.4 Å². The summed E-state index contributed by atoms with van der Waals surface area (Å²) < 4.78 is 1.78. The molecule has 0 spiro atoms. The predicted octanol–water partition coefficient (Wildman–Crippen LogP) is 3.78. The molecule has 35 heavy (non-hydrogen) atoms. The van der Waals surface area contributed by atoms with Gasteiger partial charge in [-0.2, -0.15) is 5.10 Å². The minimum absolute atomic E-state index is 0.111. The van der Waals surface area contributed by atoms with E-state index in [-0.39, 0.29) is 12.5 Å². The maximum atomic E-state index is 12.2. The Morgan fingerprint density at radius 2 is 2.03 bits per heavy atom. The van der Waals surface area contributed by atoms with Crippen LogP contribution in [0.4, 0.5) is 17.3 Å². The second-order valence-electron chi connectivity index (χ2n) is 7.78. The Morgan fingerprint density at radius 1 is 1.14 bits per heavy atom. The summed E-state index contributed by atoms with van der Waals surface area (Å²) in [5.74, 6) is 1.25. The predicted molar refractivity (Wildman–Crippen MR) is 135 cm³/mol. The second kappa shape index (κ2) is 10.4. The third-order valence-electron chi connectivity index (χ3n) is 5.01. The molecule has 4 heterocycles. The van der Waals surface area contributed by atoms with Gasteiger partial charge >= 0.3 is 0 Å². The molecule has 4 aromatic heterocycles. The lowest BCUT2D eigenvalue weighted by Crippen LogP contribution is -2.27. The first-order valence-electron chi connectivity index (χ1n) is 10.9. The van der Waals surface area contributed by atoms with Gasteiger partial charge in [0.15, 0.2) is 11.6 Å². The standard InChI is InChI=1S/C24H23N9OS/c1-16-12-21(31-30-16)28-23-20-5-3-11-33(20)32-24(29-23)35-19-8-6-18(7-9-19)27-22(34)15-26-14-17-4-2-10-25-13-17/h2-13,26H,14-15H2,1H3,(H,27,34)(H2,28,29,30,31,32). The summed E-state index contributed by atoms with van der Waals surface area (Å²) in [6, 6.07) is 17.2. The van der Waals surface area contributed by atoms with Crippen LogP contribution in [0.5, 0.6) is 0 Å². The van der Waals surface area contributed by atoms with Crippen molar-refractivity contribution in [3.63, 3.8) is 0 Å². The van der Waals surface area contributed by atoms with E-state index in [0.29, 0.717) is 23.3 Å². The number of nitrogens with zero attached hydrogens (tertiary/aromatic N) is 5. The minimum Gasteiger partial charge on any atom is -0.325 e. The van der Waals surface area contributed by atoms with Gasteiger partial charge in [-0.25, -0.2) is 9.50 Å². The lowest BCUT2D eigenvalue weighted by atomic mass is 10.3. The third kappa shape index (κ3) is 5.83. The molecule has 5 aromatic rings. The van der Waals surface area contributed by atoms with Crippen LogP contribution in [-0.2, 0) is 11.3 Å². The molecule has 1 amide bonds.